The topological polar surface area (TPSA) is 140 Å². The van der Waals surface area contributed by atoms with Crippen LogP contribution in [0.5, 0.6) is 0 Å². The van der Waals surface area contributed by atoms with Crippen LogP contribution in [0, 0.1) is 5.41 Å². The molecule has 2 aromatic carbocycles. The van der Waals surface area contributed by atoms with Crippen LogP contribution < -0.4 is 16.8 Å². The summed E-state index contributed by atoms with van der Waals surface area (Å²) in [6.07, 6.45) is 1.56. The largest absolute Gasteiger partial charge is 0.447 e. The number of nitrogens with two attached hydrogens (primary N) is 2. The number of benzene rings is 2. The van der Waals surface area contributed by atoms with E-state index >= 15 is 0 Å². The van der Waals surface area contributed by atoms with Gasteiger partial charge in [-0.05, 0) is 60.1 Å². The highest BCUT2D eigenvalue weighted by Crippen LogP contribution is 2.45. The van der Waals surface area contributed by atoms with Gasteiger partial charge in [0.05, 0.1) is 16.6 Å². The molecule has 1 aliphatic carbocycles. The number of aliphatic imine (C=N–C) groups is 1. The lowest BCUT2D eigenvalue weighted by Gasteiger charge is -2.34. The third kappa shape index (κ3) is 5.96. The molecular formula is C27H31BrClN5O4. The van der Waals surface area contributed by atoms with Crippen molar-refractivity contribution >= 4 is 51.4 Å². The van der Waals surface area contributed by atoms with Crippen LogP contribution in [0.2, 0.25) is 5.02 Å². The van der Waals surface area contributed by atoms with Crippen molar-refractivity contribution in [3.63, 3.8) is 0 Å². The molecule has 2 atom stereocenters. The van der Waals surface area contributed by atoms with E-state index < -0.39 is 23.6 Å². The summed E-state index contributed by atoms with van der Waals surface area (Å²) in [4.78, 5) is 44.9. The van der Waals surface area contributed by atoms with Gasteiger partial charge in [-0.1, -0.05) is 66.5 Å². The second-order valence-electron chi connectivity index (χ2n) is 10.9. The third-order valence-corrected chi connectivity index (χ3v) is 7.31. The molecule has 3 amide bonds. The predicted octanol–water partition coefficient (Wildman–Crippen LogP) is 4.62. The predicted molar refractivity (Wildman–Crippen MR) is 149 cm³/mol. The Morgan fingerprint density at radius 3 is 2.47 bits per heavy atom. The number of nitrogens with zero attached hydrogens (tertiary/aromatic N) is 2. The van der Waals surface area contributed by atoms with E-state index in [-0.39, 0.29) is 40.5 Å². The molecule has 1 aliphatic heterocycles. The zero-order chi connectivity index (χ0) is 27.8. The maximum Gasteiger partial charge on any atom is 0.407 e. The van der Waals surface area contributed by atoms with Crippen molar-refractivity contribution in [3.8, 4) is 0 Å². The molecule has 0 aromatic heterocycles. The number of carbonyl (C=O) groups is 3. The molecule has 9 nitrogen and oxygen atoms in total. The fourth-order valence-corrected chi connectivity index (χ4v) is 5.12. The third-order valence-electron chi connectivity index (χ3n) is 6.46. The van der Waals surface area contributed by atoms with Crippen LogP contribution in [-0.2, 0) is 15.1 Å². The Morgan fingerprint density at radius 1 is 1.24 bits per heavy atom. The first-order valence-electron chi connectivity index (χ1n) is 12.3. The van der Waals surface area contributed by atoms with Gasteiger partial charge in [0.15, 0.2) is 11.5 Å². The van der Waals surface area contributed by atoms with Gasteiger partial charge in [-0.15, -0.1) is 0 Å². The van der Waals surface area contributed by atoms with Crippen molar-refractivity contribution in [2.24, 2.45) is 21.9 Å². The number of guanidine groups is 1. The van der Waals surface area contributed by atoms with Gasteiger partial charge in [0.25, 0.3) is 5.91 Å². The van der Waals surface area contributed by atoms with Crippen LogP contribution in [0.4, 0.5) is 4.79 Å². The molecule has 0 bridgehead atoms. The minimum Gasteiger partial charge on any atom is -0.447 e. The highest BCUT2D eigenvalue weighted by Gasteiger charge is 2.53. The fourth-order valence-electron chi connectivity index (χ4n) is 4.65. The average Bonchev–Trinajstić information content (AvgIpc) is 3.60. The SMILES string of the molecule is CC(C)(C)CC1(c2ccc(Br)cc2)N=C(N)N(C(COC(=O)NC2CC2)c2ccc(Cl)c(C(N)=O)c2)C1=O. The monoisotopic (exact) mass is 603 g/mol. The van der Waals surface area contributed by atoms with E-state index in [9.17, 15) is 14.4 Å². The molecule has 2 aromatic rings. The van der Waals surface area contributed by atoms with Crippen LogP contribution in [0.25, 0.3) is 0 Å². The molecule has 2 aliphatic rings. The zero-order valence-electron chi connectivity index (χ0n) is 21.5. The fraction of sp³-hybridized carbons (Fsp3) is 0.407. The number of nitrogens with one attached hydrogen (secondary N) is 1. The van der Waals surface area contributed by atoms with E-state index in [1.165, 1.54) is 17.0 Å². The lowest BCUT2D eigenvalue weighted by Crippen LogP contribution is -2.47. The van der Waals surface area contributed by atoms with Gasteiger partial charge in [-0.2, -0.15) is 0 Å². The first kappa shape index (κ1) is 27.9. The van der Waals surface area contributed by atoms with Gasteiger partial charge in [0.1, 0.15) is 6.61 Å². The Labute approximate surface area is 235 Å². The minimum atomic E-state index is -1.30. The molecule has 11 heteroatoms. The molecule has 0 spiro atoms. The molecular weight excluding hydrogens is 574 g/mol. The summed E-state index contributed by atoms with van der Waals surface area (Å²) in [5, 5.41) is 2.93. The number of carbonyl (C=O) groups excluding carboxylic acids is 3. The van der Waals surface area contributed by atoms with Gasteiger partial charge in [0, 0.05) is 10.5 Å². The lowest BCUT2D eigenvalue weighted by molar-refractivity contribution is -0.135. The van der Waals surface area contributed by atoms with E-state index in [1.54, 1.807) is 6.07 Å². The molecule has 5 N–H and O–H groups in total. The maximum atomic E-state index is 14.4. The summed E-state index contributed by atoms with van der Waals surface area (Å²) >= 11 is 9.63. The molecule has 1 fully saturated rings. The first-order valence-corrected chi connectivity index (χ1v) is 13.5. The molecule has 38 heavy (non-hydrogen) atoms. The Balaban J connectivity index is 1.77. The molecule has 202 valence electrons. The number of rotatable bonds is 8. The highest BCUT2D eigenvalue weighted by atomic mass is 79.9. The molecule has 2 unspecified atom stereocenters. The van der Waals surface area contributed by atoms with Crippen LogP contribution in [0.3, 0.4) is 0 Å². The summed E-state index contributed by atoms with van der Waals surface area (Å²) in [6, 6.07) is 11.2. The second kappa shape index (κ2) is 10.6. The minimum absolute atomic E-state index is 0.0195. The van der Waals surface area contributed by atoms with Crippen molar-refractivity contribution in [2.45, 2.75) is 57.7 Å². The van der Waals surface area contributed by atoms with E-state index in [4.69, 9.17) is 32.8 Å². The Kier molecular flexibility index (Phi) is 7.76. The summed E-state index contributed by atoms with van der Waals surface area (Å²) in [5.74, 6) is -1.11. The molecule has 1 saturated carbocycles. The van der Waals surface area contributed by atoms with Crippen LogP contribution >= 0.6 is 27.5 Å². The quantitative estimate of drug-likeness (QED) is 0.403. The molecule has 0 saturated heterocycles. The number of primary amides is 1. The van der Waals surface area contributed by atoms with Crippen molar-refractivity contribution in [2.75, 3.05) is 6.61 Å². The molecule has 1 heterocycles. The van der Waals surface area contributed by atoms with Crippen LogP contribution in [-0.4, -0.2) is 41.4 Å². The van der Waals surface area contributed by atoms with Crippen LogP contribution in [0.15, 0.2) is 51.9 Å². The Bertz CT molecular complexity index is 1290. The van der Waals surface area contributed by atoms with Crippen molar-refractivity contribution < 1.29 is 19.1 Å². The zero-order valence-corrected chi connectivity index (χ0v) is 23.8. The van der Waals surface area contributed by atoms with E-state index in [1.807, 2.05) is 45.0 Å². The molecule has 4 rings (SSSR count). The summed E-state index contributed by atoms with van der Waals surface area (Å²) in [7, 11) is 0. The van der Waals surface area contributed by atoms with Gasteiger partial charge in [0.2, 0.25) is 5.91 Å². The summed E-state index contributed by atoms with van der Waals surface area (Å²) < 4.78 is 6.39. The van der Waals surface area contributed by atoms with Crippen LogP contribution in [0.1, 0.15) is 67.6 Å². The van der Waals surface area contributed by atoms with E-state index in [0.717, 1.165) is 17.3 Å². The maximum absolute atomic E-state index is 14.4. The standard InChI is InChI=1S/C27H31BrClN5O4/c1-26(2,3)14-27(16-5-7-17(28)8-6-16)23(36)34(24(31)33-27)21(13-38-25(37)32-18-9-10-18)15-4-11-20(29)19(12-15)22(30)35/h4-8,11-12,18,21H,9-10,13-14H2,1-3H3,(H2,30,35)(H2,31,33)(H,32,37). The summed E-state index contributed by atoms with van der Waals surface area (Å²) in [5.41, 5.74) is 11.6. The lowest BCUT2D eigenvalue weighted by atomic mass is 9.75. The average molecular weight is 605 g/mol. The first-order chi connectivity index (χ1) is 17.8. The van der Waals surface area contributed by atoms with Gasteiger partial charge in [-0.25, -0.2) is 9.79 Å². The van der Waals surface area contributed by atoms with Crippen molar-refractivity contribution in [1.82, 2.24) is 10.2 Å². The van der Waals surface area contributed by atoms with Crippen molar-refractivity contribution in [3.05, 3.63) is 68.7 Å². The van der Waals surface area contributed by atoms with Gasteiger partial charge < -0.3 is 21.5 Å². The highest BCUT2D eigenvalue weighted by molar-refractivity contribution is 9.10. The van der Waals surface area contributed by atoms with Gasteiger partial charge >= 0.3 is 6.09 Å². The number of halogens is 2. The number of ether oxygens (including phenoxy) is 1. The number of hydrogen-bond donors (Lipinski definition) is 3. The normalized spacial score (nSPS) is 20.2. The molecule has 0 radical (unpaired) electrons. The van der Waals surface area contributed by atoms with Gasteiger partial charge in [-0.3, -0.25) is 14.5 Å². The summed E-state index contributed by atoms with van der Waals surface area (Å²) in [6.45, 7) is 5.84. The Hall–Kier alpha value is -3.11. The Morgan fingerprint density at radius 2 is 1.89 bits per heavy atom. The second-order valence-corrected chi connectivity index (χ2v) is 12.2. The number of alkyl carbamates (subject to hydrolysis) is 1. The van der Waals surface area contributed by atoms with Crippen molar-refractivity contribution in [1.29, 1.82) is 0 Å². The number of amides is 3. The smallest absolute Gasteiger partial charge is 0.407 e. The number of hydrogen-bond acceptors (Lipinski definition) is 6. The van der Waals surface area contributed by atoms with E-state index in [0.29, 0.717) is 17.5 Å². The van der Waals surface area contributed by atoms with E-state index in [2.05, 4.69) is 21.2 Å².